The molecule has 1 amide bonds. The van der Waals surface area contributed by atoms with E-state index in [0.29, 0.717) is 19.4 Å². The van der Waals surface area contributed by atoms with Gasteiger partial charge in [0.2, 0.25) is 5.91 Å². The lowest BCUT2D eigenvalue weighted by atomic mass is 9.98. The van der Waals surface area contributed by atoms with Crippen LogP contribution in [0, 0.1) is 19.7 Å². The summed E-state index contributed by atoms with van der Waals surface area (Å²) in [7, 11) is 0. The van der Waals surface area contributed by atoms with Crippen molar-refractivity contribution < 1.29 is 18.4 Å². The van der Waals surface area contributed by atoms with Gasteiger partial charge in [0.1, 0.15) is 11.6 Å². The zero-order chi connectivity index (χ0) is 17.8. The van der Waals surface area contributed by atoms with Crippen molar-refractivity contribution >= 4 is 5.91 Å². The lowest BCUT2D eigenvalue weighted by Crippen LogP contribution is -2.36. The molecule has 0 spiro atoms. The van der Waals surface area contributed by atoms with Crippen LogP contribution in [-0.2, 0) is 16.0 Å². The highest BCUT2D eigenvalue weighted by molar-refractivity contribution is 5.76. The Balaban J connectivity index is 1.67. The molecule has 25 heavy (non-hydrogen) atoms. The average Bonchev–Trinajstić information content (AvgIpc) is 3.23. The van der Waals surface area contributed by atoms with Crippen molar-refractivity contribution in [2.24, 2.45) is 0 Å². The third-order valence-corrected chi connectivity index (χ3v) is 4.67. The number of hydrogen-bond acceptors (Lipinski definition) is 4. The summed E-state index contributed by atoms with van der Waals surface area (Å²) >= 11 is 0. The van der Waals surface area contributed by atoms with Gasteiger partial charge in [-0.15, -0.1) is 0 Å². The van der Waals surface area contributed by atoms with Crippen LogP contribution >= 0.6 is 0 Å². The summed E-state index contributed by atoms with van der Waals surface area (Å²) in [5, 5.41) is 6.97. The molecule has 1 fully saturated rings. The molecule has 1 aliphatic heterocycles. The van der Waals surface area contributed by atoms with Crippen molar-refractivity contribution in [3.05, 3.63) is 52.7 Å². The van der Waals surface area contributed by atoms with Gasteiger partial charge in [-0.25, -0.2) is 4.39 Å². The Morgan fingerprint density at radius 3 is 2.72 bits per heavy atom. The second-order valence-corrected chi connectivity index (χ2v) is 6.45. The molecule has 1 N–H and O–H groups in total. The first-order valence-electron chi connectivity index (χ1n) is 8.63. The van der Waals surface area contributed by atoms with Crippen molar-refractivity contribution in [3.8, 4) is 0 Å². The van der Waals surface area contributed by atoms with E-state index in [2.05, 4.69) is 10.5 Å². The fourth-order valence-electron chi connectivity index (χ4n) is 3.27. The lowest BCUT2D eigenvalue weighted by Gasteiger charge is -2.25. The largest absolute Gasteiger partial charge is 0.376 e. The molecule has 3 rings (SSSR count). The number of halogens is 1. The first kappa shape index (κ1) is 17.6. The van der Waals surface area contributed by atoms with Crippen molar-refractivity contribution in [2.45, 2.75) is 51.7 Å². The highest BCUT2D eigenvalue weighted by atomic mass is 19.1. The molecule has 0 unspecified atom stereocenters. The monoisotopic (exact) mass is 346 g/mol. The van der Waals surface area contributed by atoms with Gasteiger partial charge in [-0.05, 0) is 50.8 Å². The fourth-order valence-corrected chi connectivity index (χ4v) is 3.27. The molecule has 0 saturated carbocycles. The molecule has 0 radical (unpaired) electrons. The minimum absolute atomic E-state index is 0.0650. The van der Waals surface area contributed by atoms with Crippen molar-refractivity contribution in [3.63, 3.8) is 0 Å². The molecule has 1 aromatic carbocycles. The maximum Gasteiger partial charge on any atom is 0.220 e. The van der Waals surface area contributed by atoms with Crippen LogP contribution in [0.2, 0.25) is 0 Å². The summed E-state index contributed by atoms with van der Waals surface area (Å²) in [5.41, 5.74) is 2.66. The van der Waals surface area contributed by atoms with Gasteiger partial charge in [-0.3, -0.25) is 4.79 Å². The van der Waals surface area contributed by atoms with E-state index < -0.39 is 0 Å². The molecular formula is C19H23FN2O3. The van der Waals surface area contributed by atoms with Crippen LogP contribution in [0.15, 0.2) is 28.8 Å². The number of aromatic nitrogens is 1. The molecule has 0 aliphatic carbocycles. The van der Waals surface area contributed by atoms with Crippen molar-refractivity contribution in [1.29, 1.82) is 0 Å². The molecule has 134 valence electrons. The van der Waals surface area contributed by atoms with Gasteiger partial charge in [0.15, 0.2) is 0 Å². The fraction of sp³-hybridized carbons (Fsp3) is 0.474. The first-order chi connectivity index (χ1) is 12.0. The Hall–Kier alpha value is -2.21. The van der Waals surface area contributed by atoms with Gasteiger partial charge in [-0.1, -0.05) is 17.3 Å². The summed E-state index contributed by atoms with van der Waals surface area (Å²) in [6.45, 7) is 4.41. The molecule has 2 aromatic rings. The molecule has 2 heterocycles. The van der Waals surface area contributed by atoms with Crippen LogP contribution in [-0.4, -0.2) is 23.8 Å². The first-order valence-corrected chi connectivity index (χ1v) is 8.63. The average molecular weight is 346 g/mol. The Bertz CT molecular complexity index is 701. The maximum atomic E-state index is 13.2. The number of nitrogens with zero attached hydrogens (tertiary/aromatic N) is 1. The lowest BCUT2D eigenvalue weighted by molar-refractivity contribution is -0.122. The third kappa shape index (κ3) is 4.25. The van der Waals surface area contributed by atoms with Gasteiger partial charge in [0, 0.05) is 18.6 Å². The standard InChI is InChI=1S/C19H23FN2O3/c1-12-16(13(2)25-22-12)9-10-18(23)21-19(17-4-3-11-24-17)14-5-7-15(20)8-6-14/h5-8,17,19H,3-4,9-11H2,1-2H3,(H,21,23)/t17-,19+/m0/s1. The van der Waals surface area contributed by atoms with Crippen molar-refractivity contribution in [2.75, 3.05) is 6.61 Å². The molecule has 6 heteroatoms. The molecule has 1 aliphatic rings. The second-order valence-electron chi connectivity index (χ2n) is 6.45. The Labute approximate surface area is 146 Å². The summed E-state index contributed by atoms with van der Waals surface area (Å²) in [4.78, 5) is 12.5. The molecular weight excluding hydrogens is 323 g/mol. The van der Waals surface area contributed by atoms with E-state index in [1.54, 1.807) is 12.1 Å². The van der Waals surface area contributed by atoms with Gasteiger partial charge < -0.3 is 14.6 Å². The number of carbonyl (C=O) groups is 1. The zero-order valence-electron chi connectivity index (χ0n) is 14.5. The number of aryl methyl sites for hydroxylation is 2. The van der Waals surface area contributed by atoms with Crippen molar-refractivity contribution in [1.82, 2.24) is 10.5 Å². The van der Waals surface area contributed by atoms with Gasteiger partial charge in [-0.2, -0.15) is 0 Å². The van der Waals surface area contributed by atoms with Crippen LogP contribution in [0.25, 0.3) is 0 Å². The van der Waals surface area contributed by atoms with Crippen LogP contribution in [0.3, 0.4) is 0 Å². The highest BCUT2D eigenvalue weighted by Gasteiger charge is 2.28. The predicted molar refractivity (Wildman–Crippen MR) is 90.6 cm³/mol. The summed E-state index contributed by atoms with van der Waals surface area (Å²) in [5.74, 6) is 0.393. The molecule has 1 saturated heterocycles. The van der Waals surface area contributed by atoms with E-state index in [9.17, 15) is 9.18 Å². The zero-order valence-corrected chi connectivity index (χ0v) is 14.5. The highest BCUT2D eigenvalue weighted by Crippen LogP contribution is 2.27. The molecule has 2 atom stereocenters. The summed E-state index contributed by atoms with van der Waals surface area (Å²) in [6.07, 6.45) is 2.69. The topological polar surface area (TPSA) is 64.4 Å². The third-order valence-electron chi connectivity index (χ3n) is 4.67. The Kier molecular flexibility index (Phi) is 5.48. The predicted octanol–water partition coefficient (Wildman–Crippen LogP) is 3.40. The number of benzene rings is 1. The number of amides is 1. The van der Waals surface area contributed by atoms with Gasteiger partial charge >= 0.3 is 0 Å². The van der Waals surface area contributed by atoms with E-state index >= 15 is 0 Å². The van der Waals surface area contributed by atoms with E-state index in [1.165, 1.54) is 12.1 Å². The van der Waals surface area contributed by atoms with E-state index in [4.69, 9.17) is 9.26 Å². The van der Waals surface area contributed by atoms with Crippen LogP contribution in [0.1, 0.15) is 47.9 Å². The normalized spacial score (nSPS) is 18.3. The maximum absolute atomic E-state index is 13.2. The minimum Gasteiger partial charge on any atom is -0.376 e. The van der Waals surface area contributed by atoms with E-state index in [-0.39, 0.29) is 23.9 Å². The number of carbonyl (C=O) groups excluding carboxylic acids is 1. The van der Waals surface area contributed by atoms with E-state index in [1.807, 2.05) is 13.8 Å². The van der Waals surface area contributed by atoms with Gasteiger partial charge in [0.25, 0.3) is 0 Å². The van der Waals surface area contributed by atoms with Crippen LogP contribution < -0.4 is 5.32 Å². The number of hydrogen-bond donors (Lipinski definition) is 1. The second kappa shape index (κ2) is 7.78. The summed E-state index contributed by atoms with van der Waals surface area (Å²) < 4.78 is 24.1. The number of nitrogens with one attached hydrogen (secondary N) is 1. The summed E-state index contributed by atoms with van der Waals surface area (Å²) in [6, 6.07) is 5.97. The number of ether oxygens (including phenoxy) is 1. The molecule has 1 aromatic heterocycles. The van der Waals surface area contributed by atoms with Gasteiger partial charge in [0.05, 0.1) is 17.8 Å². The SMILES string of the molecule is Cc1noc(C)c1CCC(=O)N[C@H](c1ccc(F)cc1)[C@@H]1CCCO1. The van der Waals surface area contributed by atoms with Crippen LogP contribution in [0.5, 0.6) is 0 Å². The Morgan fingerprint density at radius 1 is 1.36 bits per heavy atom. The molecule has 0 bridgehead atoms. The van der Waals surface area contributed by atoms with Crippen LogP contribution in [0.4, 0.5) is 4.39 Å². The minimum atomic E-state index is -0.292. The number of rotatable bonds is 6. The molecule has 5 nitrogen and oxygen atoms in total. The smallest absolute Gasteiger partial charge is 0.220 e. The van der Waals surface area contributed by atoms with E-state index in [0.717, 1.165) is 35.4 Å². The Morgan fingerprint density at radius 2 is 2.12 bits per heavy atom. The quantitative estimate of drug-likeness (QED) is 0.871.